The average molecular weight is 698 g/mol. The fraction of sp³-hybridized carbons (Fsp3) is 0.268. The SMILES string of the molecule is COc1ccc(C(OC[C@@]23C[C@@H](C)[C@@H]([C@H](n4cnc5c(NC(=O)c6ccccc6)ncnc54)O2)[C@@H]3O)(c2ccccc2)c2ccc(OC)cc2)cc1. The molecule has 2 N–H and O–H groups in total. The molecule has 5 atom stereocenters. The molecule has 0 unspecified atom stereocenters. The quantitative estimate of drug-likeness (QED) is 0.148. The number of carbonyl (C=O) groups excluding carboxylic acids is 1. The summed E-state index contributed by atoms with van der Waals surface area (Å²) in [5, 5.41) is 14.9. The molecular formula is C41H39N5O6. The van der Waals surface area contributed by atoms with E-state index in [0.29, 0.717) is 29.0 Å². The number of nitrogens with one attached hydrogen (secondary N) is 1. The highest BCUT2D eigenvalue weighted by atomic mass is 16.6. The lowest BCUT2D eigenvalue weighted by Crippen LogP contribution is -2.46. The summed E-state index contributed by atoms with van der Waals surface area (Å²) in [4.78, 5) is 26.5. The molecule has 0 spiro atoms. The first-order chi connectivity index (χ1) is 25.4. The van der Waals surface area contributed by atoms with E-state index in [9.17, 15) is 9.90 Å². The molecule has 2 aromatic heterocycles. The molecule has 3 heterocycles. The number of aliphatic hydroxyl groups excluding tert-OH is 1. The van der Waals surface area contributed by atoms with Crippen LogP contribution in [0.4, 0.5) is 5.82 Å². The number of methoxy groups -OCH3 is 2. The monoisotopic (exact) mass is 697 g/mol. The molecule has 4 aromatic carbocycles. The number of rotatable bonds is 11. The van der Waals surface area contributed by atoms with Gasteiger partial charge in [-0.2, -0.15) is 0 Å². The molecular weight excluding hydrogens is 658 g/mol. The minimum absolute atomic E-state index is 0.0818. The summed E-state index contributed by atoms with van der Waals surface area (Å²) in [6, 6.07) is 34.7. The third kappa shape index (κ3) is 5.58. The Hall–Kier alpha value is -5.62. The molecule has 2 fully saturated rings. The van der Waals surface area contributed by atoms with Gasteiger partial charge >= 0.3 is 0 Å². The number of amides is 1. The second kappa shape index (κ2) is 13.5. The Morgan fingerprint density at radius 3 is 2.08 bits per heavy atom. The van der Waals surface area contributed by atoms with Gasteiger partial charge in [-0.3, -0.25) is 9.36 Å². The second-order valence-electron chi connectivity index (χ2n) is 13.4. The van der Waals surface area contributed by atoms with E-state index in [2.05, 4.69) is 27.2 Å². The van der Waals surface area contributed by atoms with Crippen molar-refractivity contribution >= 4 is 22.9 Å². The van der Waals surface area contributed by atoms with Crippen LogP contribution in [0.1, 0.15) is 46.6 Å². The van der Waals surface area contributed by atoms with E-state index in [4.69, 9.17) is 18.9 Å². The summed E-state index contributed by atoms with van der Waals surface area (Å²) in [5.41, 5.74) is 1.97. The highest BCUT2D eigenvalue weighted by molar-refractivity contribution is 6.06. The molecule has 8 rings (SSSR count). The number of ether oxygens (including phenoxy) is 4. The highest BCUT2D eigenvalue weighted by Gasteiger charge is 2.64. The molecule has 11 heteroatoms. The molecule has 2 aliphatic rings. The Morgan fingerprint density at radius 1 is 0.865 bits per heavy atom. The molecule has 1 aliphatic heterocycles. The van der Waals surface area contributed by atoms with Crippen molar-refractivity contribution in [3.8, 4) is 11.5 Å². The Kier molecular flexibility index (Phi) is 8.70. The minimum Gasteiger partial charge on any atom is -0.497 e. The van der Waals surface area contributed by atoms with Crippen molar-refractivity contribution in [3.05, 3.63) is 144 Å². The molecule has 1 amide bonds. The summed E-state index contributed by atoms with van der Waals surface area (Å²) in [6.07, 6.45) is 2.19. The third-order valence-electron chi connectivity index (χ3n) is 10.5. The maximum atomic E-state index is 13.0. The van der Waals surface area contributed by atoms with Crippen LogP contribution in [-0.2, 0) is 15.1 Å². The molecule has 11 nitrogen and oxygen atoms in total. The topological polar surface area (TPSA) is 130 Å². The van der Waals surface area contributed by atoms with E-state index in [-0.39, 0.29) is 24.3 Å². The zero-order valence-corrected chi connectivity index (χ0v) is 29.0. The Labute approximate surface area is 301 Å². The lowest BCUT2D eigenvalue weighted by molar-refractivity contribution is -0.174. The number of hydrogen-bond acceptors (Lipinski definition) is 9. The summed E-state index contributed by atoms with van der Waals surface area (Å²) >= 11 is 0. The molecule has 52 heavy (non-hydrogen) atoms. The van der Waals surface area contributed by atoms with Gasteiger partial charge in [-0.05, 0) is 65.4 Å². The van der Waals surface area contributed by atoms with Crippen molar-refractivity contribution in [1.82, 2.24) is 19.5 Å². The van der Waals surface area contributed by atoms with Crippen LogP contribution in [0.3, 0.4) is 0 Å². The van der Waals surface area contributed by atoms with E-state index in [1.54, 1.807) is 44.8 Å². The first kappa shape index (κ1) is 33.5. The van der Waals surface area contributed by atoms with Crippen molar-refractivity contribution < 1.29 is 28.8 Å². The molecule has 2 bridgehead atoms. The van der Waals surface area contributed by atoms with Crippen LogP contribution in [0, 0.1) is 11.8 Å². The van der Waals surface area contributed by atoms with Crippen LogP contribution in [-0.4, -0.2) is 63.1 Å². The molecule has 1 saturated heterocycles. The number of anilines is 1. The number of hydrogen-bond donors (Lipinski definition) is 2. The number of imidazole rings is 1. The van der Waals surface area contributed by atoms with Gasteiger partial charge in [0.25, 0.3) is 5.91 Å². The van der Waals surface area contributed by atoms with E-state index in [1.807, 2.05) is 89.5 Å². The van der Waals surface area contributed by atoms with E-state index >= 15 is 0 Å². The lowest BCUT2D eigenvalue weighted by atomic mass is 9.79. The fourth-order valence-corrected chi connectivity index (χ4v) is 7.96. The van der Waals surface area contributed by atoms with Crippen LogP contribution in [0.5, 0.6) is 11.5 Å². The van der Waals surface area contributed by atoms with E-state index < -0.39 is 23.5 Å². The number of carbonyl (C=O) groups is 1. The third-order valence-corrected chi connectivity index (χ3v) is 10.5. The predicted octanol–water partition coefficient (Wildman–Crippen LogP) is 6.39. The Bertz CT molecular complexity index is 2130. The smallest absolute Gasteiger partial charge is 0.256 e. The minimum atomic E-state index is -1.09. The van der Waals surface area contributed by atoms with E-state index in [0.717, 1.165) is 28.2 Å². The van der Waals surface area contributed by atoms with Gasteiger partial charge < -0.3 is 29.4 Å². The standard InChI is InChI=1S/C41H39N5O6/c1-26-22-40(23-51-41(28-12-8-5-9-13-28,29-14-18-31(49-2)19-15-29)30-16-20-32(50-3)21-17-30)35(47)33(26)39(52-40)46-25-44-34-36(42-24-43-37(34)46)45-38(48)27-10-6-4-7-11-27/h4-21,24-26,33,35,39,47H,22-23H2,1-3H3,(H,42,43,45,48)/t26-,33-,35+,39-,40-/m1/s1. The first-order valence-electron chi connectivity index (χ1n) is 17.3. The molecule has 1 saturated carbocycles. The first-order valence-corrected chi connectivity index (χ1v) is 17.3. The lowest BCUT2D eigenvalue weighted by Gasteiger charge is -2.40. The van der Waals surface area contributed by atoms with Gasteiger partial charge in [0.15, 0.2) is 17.0 Å². The highest BCUT2D eigenvalue weighted by Crippen LogP contribution is 2.57. The Morgan fingerprint density at radius 2 is 1.46 bits per heavy atom. The van der Waals surface area contributed by atoms with Crippen molar-refractivity contribution in [2.75, 3.05) is 26.1 Å². The summed E-state index contributed by atoms with van der Waals surface area (Å²) < 4.78 is 27.0. The molecule has 1 aliphatic carbocycles. The maximum Gasteiger partial charge on any atom is 0.256 e. The Balaban J connectivity index is 1.15. The molecule has 6 aromatic rings. The van der Waals surface area contributed by atoms with E-state index in [1.165, 1.54) is 6.33 Å². The van der Waals surface area contributed by atoms with Gasteiger partial charge in [0.1, 0.15) is 35.3 Å². The summed E-state index contributed by atoms with van der Waals surface area (Å²) in [6.45, 7) is 2.21. The van der Waals surface area contributed by atoms with Gasteiger partial charge in [-0.15, -0.1) is 0 Å². The largest absolute Gasteiger partial charge is 0.497 e. The molecule has 0 radical (unpaired) electrons. The van der Waals surface area contributed by atoms with Crippen LogP contribution in [0.2, 0.25) is 0 Å². The van der Waals surface area contributed by atoms with Gasteiger partial charge in [-0.25, -0.2) is 15.0 Å². The second-order valence-corrected chi connectivity index (χ2v) is 13.4. The number of benzene rings is 4. The van der Waals surface area contributed by atoms with Crippen molar-refractivity contribution in [3.63, 3.8) is 0 Å². The van der Waals surface area contributed by atoms with Crippen molar-refractivity contribution in [1.29, 1.82) is 0 Å². The van der Waals surface area contributed by atoms with Crippen LogP contribution >= 0.6 is 0 Å². The van der Waals surface area contributed by atoms with Gasteiger partial charge in [0.2, 0.25) is 0 Å². The molecule has 264 valence electrons. The normalized spacial score (nSPS) is 22.4. The zero-order valence-electron chi connectivity index (χ0n) is 29.0. The number of nitrogens with zero attached hydrogens (tertiary/aromatic N) is 4. The van der Waals surface area contributed by atoms with Crippen LogP contribution in [0.15, 0.2) is 122 Å². The van der Waals surface area contributed by atoms with Gasteiger partial charge in [0, 0.05) is 11.5 Å². The maximum absolute atomic E-state index is 13.0. The van der Waals surface area contributed by atoms with Crippen molar-refractivity contribution in [2.24, 2.45) is 11.8 Å². The summed E-state index contributed by atoms with van der Waals surface area (Å²) in [5.74, 6) is 1.25. The number of aliphatic hydroxyl groups is 1. The fourth-order valence-electron chi connectivity index (χ4n) is 7.96. The van der Waals surface area contributed by atoms with Crippen molar-refractivity contribution in [2.45, 2.75) is 36.9 Å². The van der Waals surface area contributed by atoms with Gasteiger partial charge in [0.05, 0.1) is 33.3 Å². The van der Waals surface area contributed by atoms with Gasteiger partial charge in [-0.1, -0.05) is 79.7 Å². The van der Waals surface area contributed by atoms with Crippen LogP contribution in [0.25, 0.3) is 11.2 Å². The zero-order chi connectivity index (χ0) is 35.9. The number of fused-ring (bicyclic) bond motifs is 3. The predicted molar refractivity (Wildman–Crippen MR) is 194 cm³/mol. The number of aromatic nitrogens is 4. The summed E-state index contributed by atoms with van der Waals surface area (Å²) in [7, 11) is 3.28. The average Bonchev–Trinajstić information content (AvgIpc) is 3.83. The van der Waals surface area contributed by atoms with Crippen LogP contribution < -0.4 is 14.8 Å².